The average molecular weight is 421 g/mol. The van der Waals surface area contributed by atoms with Crippen LogP contribution >= 0.6 is 0 Å². The molecule has 148 valence electrons. The second-order valence-corrected chi connectivity index (χ2v) is 7.10. The minimum Gasteiger partial charge on any atom is -0.489 e. The van der Waals surface area contributed by atoms with E-state index in [0.717, 1.165) is 12.8 Å². The van der Waals surface area contributed by atoms with Crippen molar-refractivity contribution < 1.29 is 45.2 Å². The first-order chi connectivity index (χ1) is 12.4. The van der Waals surface area contributed by atoms with E-state index in [0.29, 0.717) is 43.8 Å². The molecule has 2 saturated carbocycles. The van der Waals surface area contributed by atoms with E-state index in [4.69, 9.17) is 9.84 Å². The number of aliphatic carboxylic acids is 1. The van der Waals surface area contributed by atoms with Gasteiger partial charge in [-0.2, -0.15) is 14.0 Å². The monoisotopic (exact) mass is 421 g/mol. The largest absolute Gasteiger partial charge is 0.489 e. The van der Waals surface area contributed by atoms with Crippen LogP contribution in [0.5, 0.6) is 11.5 Å². The number of carboxylic acid groups (broad SMARTS) is 1. The molecule has 0 aromatic heterocycles. The number of carboxylic acids is 1. The molecule has 2 aliphatic rings. The molecule has 0 saturated heterocycles. The van der Waals surface area contributed by atoms with Crippen LogP contribution < -0.4 is 9.47 Å². The predicted octanol–water partition coefficient (Wildman–Crippen LogP) is 4.11. The first-order valence-electron chi connectivity index (χ1n) is 8.80. The van der Waals surface area contributed by atoms with Crippen LogP contribution in [0.1, 0.15) is 44.1 Å². The van der Waals surface area contributed by atoms with Gasteiger partial charge in [-0.3, -0.25) is 4.79 Å². The van der Waals surface area contributed by atoms with Gasteiger partial charge in [0.2, 0.25) is 0 Å². The Morgan fingerprint density at radius 2 is 1.93 bits per heavy atom. The predicted molar refractivity (Wildman–Crippen MR) is 88.2 cm³/mol. The van der Waals surface area contributed by atoms with Crippen LogP contribution in [0, 0.1) is 23.2 Å². The standard InChI is InChI=1S/C19H21F2NO4.Fe/c20-18(21)26-15-4-3-14(9-16(15)25-10-12-1-2-12)19(11-22)7-5-13(6-8-19)17(23)24;/h3-4,9,12-13,18H,1-2,5-8,10H2,(H,23,24);. The Bertz CT molecular complexity index is 710. The topological polar surface area (TPSA) is 79.5 Å². The van der Waals surface area contributed by atoms with Crippen molar-refractivity contribution in [2.24, 2.45) is 11.8 Å². The van der Waals surface area contributed by atoms with Crippen LogP contribution in [-0.2, 0) is 27.3 Å². The molecule has 0 bridgehead atoms. The Hall–Kier alpha value is -1.84. The molecule has 0 radical (unpaired) electrons. The molecule has 1 aromatic carbocycles. The molecule has 1 N–H and O–H groups in total. The van der Waals surface area contributed by atoms with Crippen molar-refractivity contribution in [3.8, 4) is 17.6 Å². The third kappa shape index (κ3) is 5.11. The van der Waals surface area contributed by atoms with Crippen LogP contribution in [0.25, 0.3) is 0 Å². The smallest absolute Gasteiger partial charge is 0.387 e. The van der Waals surface area contributed by atoms with Crippen LogP contribution in [-0.4, -0.2) is 24.3 Å². The molecule has 0 aliphatic heterocycles. The van der Waals surface area contributed by atoms with E-state index in [9.17, 15) is 18.8 Å². The molecular weight excluding hydrogens is 400 g/mol. The number of alkyl halides is 2. The number of nitriles is 1. The normalized spacial score (nSPS) is 24.6. The van der Waals surface area contributed by atoms with E-state index in [1.54, 1.807) is 12.1 Å². The molecule has 1 aromatic rings. The zero-order valence-corrected chi connectivity index (χ0v) is 15.7. The number of ether oxygens (including phenoxy) is 2. The number of halogens is 2. The summed E-state index contributed by atoms with van der Waals surface area (Å²) >= 11 is 0. The number of carbonyl (C=O) groups is 1. The van der Waals surface area contributed by atoms with Crippen molar-refractivity contribution in [2.75, 3.05) is 6.61 Å². The fourth-order valence-corrected chi connectivity index (χ4v) is 3.43. The number of nitrogens with zero attached hydrogens (tertiary/aromatic N) is 1. The second-order valence-electron chi connectivity index (χ2n) is 7.10. The first kappa shape index (κ1) is 21.5. The summed E-state index contributed by atoms with van der Waals surface area (Å²) in [5, 5.41) is 18.9. The summed E-state index contributed by atoms with van der Waals surface area (Å²) in [5.41, 5.74) is -0.163. The summed E-state index contributed by atoms with van der Waals surface area (Å²) in [7, 11) is 0. The maximum absolute atomic E-state index is 12.6. The van der Waals surface area contributed by atoms with Crippen LogP contribution in [0.3, 0.4) is 0 Å². The Morgan fingerprint density at radius 3 is 2.44 bits per heavy atom. The van der Waals surface area contributed by atoms with Gasteiger partial charge in [0.15, 0.2) is 11.5 Å². The molecule has 27 heavy (non-hydrogen) atoms. The summed E-state index contributed by atoms with van der Waals surface area (Å²) in [6.07, 6.45) is 3.77. The number of hydrogen-bond donors (Lipinski definition) is 1. The summed E-state index contributed by atoms with van der Waals surface area (Å²) in [5.74, 6) is -0.676. The van der Waals surface area contributed by atoms with Crippen molar-refractivity contribution in [1.29, 1.82) is 5.26 Å². The van der Waals surface area contributed by atoms with E-state index in [-0.39, 0.29) is 28.6 Å². The van der Waals surface area contributed by atoms with Crippen molar-refractivity contribution in [3.63, 3.8) is 0 Å². The van der Waals surface area contributed by atoms with Crippen LogP contribution in [0.2, 0.25) is 0 Å². The van der Waals surface area contributed by atoms with E-state index < -0.39 is 23.9 Å². The van der Waals surface area contributed by atoms with E-state index in [1.165, 1.54) is 6.07 Å². The molecule has 0 spiro atoms. The number of benzene rings is 1. The van der Waals surface area contributed by atoms with Gasteiger partial charge in [-0.1, -0.05) is 6.07 Å². The fraction of sp³-hybridized carbons (Fsp3) is 0.579. The van der Waals surface area contributed by atoms with Crippen molar-refractivity contribution in [1.82, 2.24) is 0 Å². The minimum absolute atomic E-state index is 0. The van der Waals surface area contributed by atoms with Gasteiger partial charge in [0.1, 0.15) is 0 Å². The summed E-state index contributed by atoms with van der Waals surface area (Å²) in [6, 6.07) is 6.93. The Kier molecular flexibility index (Phi) is 7.07. The molecule has 3 rings (SSSR count). The number of rotatable bonds is 7. The molecular formula is C19H21F2FeNO4. The Balaban J connectivity index is 0.00000261. The van der Waals surface area contributed by atoms with E-state index in [2.05, 4.69) is 10.8 Å². The van der Waals surface area contributed by atoms with E-state index >= 15 is 0 Å². The number of hydrogen-bond acceptors (Lipinski definition) is 4. The third-order valence-electron chi connectivity index (χ3n) is 5.29. The average Bonchev–Trinajstić information content (AvgIpc) is 3.44. The summed E-state index contributed by atoms with van der Waals surface area (Å²) in [4.78, 5) is 11.2. The van der Waals surface area contributed by atoms with Gasteiger partial charge in [-0.05, 0) is 62.1 Å². The summed E-state index contributed by atoms with van der Waals surface area (Å²) < 4.78 is 35.5. The molecule has 0 unspecified atom stereocenters. The van der Waals surface area contributed by atoms with Gasteiger partial charge in [-0.25, -0.2) is 0 Å². The second kappa shape index (κ2) is 8.90. The Morgan fingerprint density at radius 1 is 1.26 bits per heavy atom. The van der Waals surface area contributed by atoms with Gasteiger partial charge >= 0.3 is 12.6 Å². The van der Waals surface area contributed by atoms with Crippen molar-refractivity contribution >= 4 is 5.97 Å². The molecule has 2 fully saturated rings. The molecule has 0 atom stereocenters. The SMILES string of the molecule is N#CC1(c2ccc(OC(F)F)c(OCC3CC3)c2)CCC(C(=O)O)CC1.[Fe]. The summed E-state index contributed by atoms with van der Waals surface area (Å²) in [6.45, 7) is -2.52. The Labute approximate surface area is 167 Å². The zero-order chi connectivity index (χ0) is 18.7. The molecule has 8 heteroatoms. The van der Waals surface area contributed by atoms with Crippen molar-refractivity contribution in [2.45, 2.75) is 50.6 Å². The minimum atomic E-state index is -2.96. The third-order valence-corrected chi connectivity index (χ3v) is 5.29. The van der Waals surface area contributed by atoms with Crippen LogP contribution in [0.15, 0.2) is 18.2 Å². The van der Waals surface area contributed by atoms with Gasteiger partial charge in [-0.15, -0.1) is 0 Å². The molecule has 5 nitrogen and oxygen atoms in total. The maximum atomic E-state index is 12.6. The molecule has 2 aliphatic carbocycles. The first-order valence-corrected chi connectivity index (χ1v) is 8.80. The van der Waals surface area contributed by atoms with Gasteiger partial charge in [0.05, 0.1) is 24.0 Å². The van der Waals surface area contributed by atoms with Crippen LogP contribution in [0.4, 0.5) is 8.78 Å². The van der Waals surface area contributed by atoms with Crippen molar-refractivity contribution in [3.05, 3.63) is 23.8 Å². The molecule has 0 amide bonds. The maximum Gasteiger partial charge on any atom is 0.387 e. The fourth-order valence-electron chi connectivity index (χ4n) is 3.43. The zero-order valence-electron chi connectivity index (χ0n) is 14.6. The van der Waals surface area contributed by atoms with Gasteiger partial charge in [0.25, 0.3) is 0 Å². The van der Waals surface area contributed by atoms with Gasteiger partial charge < -0.3 is 14.6 Å². The van der Waals surface area contributed by atoms with E-state index in [1.807, 2.05) is 0 Å². The quantitative estimate of drug-likeness (QED) is 0.671. The molecule has 0 heterocycles. The van der Waals surface area contributed by atoms with Gasteiger partial charge in [0, 0.05) is 17.1 Å².